The first kappa shape index (κ1) is 15.1. The van der Waals surface area contributed by atoms with Crippen LogP contribution in [0.2, 0.25) is 0 Å². The number of rotatable bonds is 2. The molecule has 0 aromatic heterocycles. The van der Waals surface area contributed by atoms with Gasteiger partial charge in [0.1, 0.15) is 0 Å². The number of benzene rings is 1. The third kappa shape index (κ3) is 3.05. The summed E-state index contributed by atoms with van der Waals surface area (Å²) in [7, 11) is -1.65. The summed E-state index contributed by atoms with van der Waals surface area (Å²) < 4.78 is 23.0. The highest BCUT2D eigenvalue weighted by molar-refractivity contribution is 7.89. The van der Waals surface area contributed by atoms with Gasteiger partial charge in [-0.3, -0.25) is 4.90 Å². The molecule has 112 valence electrons. The van der Waals surface area contributed by atoms with Crippen LogP contribution in [0.25, 0.3) is 0 Å². The highest BCUT2D eigenvalue weighted by Crippen LogP contribution is 2.28. The molecule has 20 heavy (non-hydrogen) atoms. The predicted octanol–water partition coefficient (Wildman–Crippen LogP) is 0.447. The van der Waals surface area contributed by atoms with Crippen molar-refractivity contribution in [2.45, 2.75) is 24.3 Å². The average molecular weight is 298 g/mol. The van der Waals surface area contributed by atoms with Crippen molar-refractivity contribution < 1.29 is 8.42 Å². The monoisotopic (exact) mass is 298 g/mol. The SMILES string of the molecule is CN1CCN(c2cc(N)cc(S(N)(=O)=O)c2)CC1(C)C. The number of hydrogen-bond donors (Lipinski definition) is 2. The lowest BCUT2D eigenvalue weighted by molar-refractivity contribution is 0.139. The predicted molar refractivity (Wildman–Crippen MR) is 81.1 cm³/mol. The zero-order valence-electron chi connectivity index (χ0n) is 12.1. The topological polar surface area (TPSA) is 92.7 Å². The van der Waals surface area contributed by atoms with E-state index in [2.05, 4.69) is 30.7 Å². The molecule has 1 saturated heterocycles. The summed E-state index contributed by atoms with van der Waals surface area (Å²) in [6.07, 6.45) is 0. The van der Waals surface area contributed by atoms with E-state index in [0.717, 1.165) is 25.3 Å². The average Bonchev–Trinajstić information content (AvgIpc) is 2.30. The van der Waals surface area contributed by atoms with Crippen LogP contribution >= 0.6 is 0 Å². The second-order valence-electron chi connectivity index (χ2n) is 5.96. The van der Waals surface area contributed by atoms with E-state index in [1.165, 1.54) is 6.07 Å². The van der Waals surface area contributed by atoms with E-state index in [1.54, 1.807) is 12.1 Å². The van der Waals surface area contributed by atoms with E-state index in [0.29, 0.717) is 5.69 Å². The lowest BCUT2D eigenvalue weighted by Crippen LogP contribution is -2.57. The Morgan fingerprint density at radius 3 is 2.40 bits per heavy atom. The minimum Gasteiger partial charge on any atom is -0.399 e. The molecule has 0 spiro atoms. The number of anilines is 2. The first-order valence-electron chi connectivity index (χ1n) is 6.49. The molecule has 2 rings (SSSR count). The third-order valence-corrected chi connectivity index (χ3v) is 4.82. The molecule has 1 aliphatic rings. The Balaban J connectivity index is 2.37. The molecule has 0 unspecified atom stereocenters. The fourth-order valence-corrected chi connectivity index (χ4v) is 3.00. The molecule has 0 aliphatic carbocycles. The van der Waals surface area contributed by atoms with Crippen LogP contribution in [-0.4, -0.2) is 45.5 Å². The van der Waals surface area contributed by atoms with Gasteiger partial charge in [-0.1, -0.05) is 0 Å². The molecular weight excluding hydrogens is 276 g/mol. The Morgan fingerprint density at radius 2 is 1.85 bits per heavy atom. The highest BCUT2D eigenvalue weighted by atomic mass is 32.2. The van der Waals surface area contributed by atoms with E-state index >= 15 is 0 Å². The maximum atomic E-state index is 11.5. The van der Waals surface area contributed by atoms with Gasteiger partial charge in [-0.15, -0.1) is 0 Å². The van der Waals surface area contributed by atoms with E-state index in [1.807, 2.05) is 0 Å². The number of sulfonamides is 1. The second kappa shape index (κ2) is 4.91. The van der Waals surface area contributed by atoms with Gasteiger partial charge in [-0.25, -0.2) is 13.6 Å². The molecule has 1 aliphatic heterocycles. The molecule has 0 atom stereocenters. The van der Waals surface area contributed by atoms with Crippen LogP contribution in [0.3, 0.4) is 0 Å². The molecular formula is C13H22N4O2S. The van der Waals surface area contributed by atoms with Gasteiger partial charge in [0.25, 0.3) is 0 Å². The minimum absolute atomic E-state index is 0.0185. The highest BCUT2D eigenvalue weighted by Gasteiger charge is 2.31. The second-order valence-corrected chi connectivity index (χ2v) is 7.52. The minimum atomic E-state index is -3.74. The summed E-state index contributed by atoms with van der Waals surface area (Å²) in [6, 6.07) is 4.77. The Kier molecular flexibility index (Phi) is 3.70. The zero-order chi connectivity index (χ0) is 15.1. The van der Waals surface area contributed by atoms with Crippen LogP contribution in [0.4, 0.5) is 11.4 Å². The third-order valence-electron chi connectivity index (χ3n) is 3.92. The number of piperazine rings is 1. The Labute approximate surface area is 120 Å². The smallest absolute Gasteiger partial charge is 0.238 e. The summed E-state index contributed by atoms with van der Waals surface area (Å²) in [6.45, 7) is 6.86. The number of nitrogens with zero attached hydrogens (tertiary/aromatic N) is 2. The number of likely N-dealkylation sites (N-methyl/N-ethyl adjacent to an activating group) is 1. The molecule has 7 heteroatoms. The van der Waals surface area contributed by atoms with Gasteiger partial charge in [0, 0.05) is 36.5 Å². The fourth-order valence-electron chi connectivity index (χ4n) is 2.41. The molecule has 0 radical (unpaired) electrons. The molecule has 1 aromatic carbocycles. The number of primary sulfonamides is 1. The lowest BCUT2D eigenvalue weighted by Gasteiger charge is -2.46. The first-order valence-corrected chi connectivity index (χ1v) is 8.04. The summed E-state index contributed by atoms with van der Waals surface area (Å²) in [5, 5.41) is 5.19. The summed E-state index contributed by atoms with van der Waals surface area (Å²) in [5.74, 6) is 0. The van der Waals surface area contributed by atoms with Crippen LogP contribution in [-0.2, 0) is 10.0 Å². The standard InChI is InChI=1S/C13H22N4O2S/c1-13(2)9-17(5-4-16(13)3)11-6-10(14)7-12(8-11)20(15,18)19/h6-8H,4-5,9,14H2,1-3H3,(H2,15,18,19). The first-order chi connectivity index (χ1) is 9.09. The van der Waals surface area contributed by atoms with Crippen molar-refractivity contribution in [3.8, 4) is 0 Å². The Bertz CT molecular complexity index is 613. The van der Waals surface area contributed by atoms with Gasteiger partial charge in [0.05, 0.1) is 4.90 Å². The van der Waals surface area contributed by atoms with Gasteiger partial charge < -0.3 is 10.6 Å². The maximum Gasteiger partial charge on any atom is 0.238 e. The van der Waals surface area contributed by atoms with E-state index < -0.39 is 10.0 Å². The molecule has 1 fully saturated rings. The van der Waals surface area contributed by atoms with Crippen molar-refractivity contribution in [1.82, 2.24) is 4.90 Å². The largest absolute Gasteiger partial charge is 0.399 e. The molecule has 1 heterocycles. The molecule has 0 bridgehead atoms. The zero-order valence-corrected chi connectivity index (χ0v) is 12.9. The van der Waals surface area contributed by atoms with Crippen LogP contribution in [0, 0.1) is 0 Å². The molecule has 0 amide bonds. The Morgan fingerprint density at radius 1 is 1.20 bits per heavy atom. The van der Waals surface area contributed by atoms with E-state index in [9.17, 15) is 8.42 Å². The van der Waals surface area contributed by atoms with E-state index in [-0.39, 0.29) is 10.4 Å². The maximum absolute atomic E-state index is 11.5. The number of hydrogen-bond acceptors (Lipinski definition) is 5. The number of nitrogens with two attached hydrogens (primary N) is 2. The van der Waals surface area contributed by atoms with Gasteiger partial charge in [-0.05, 0) is 39.1 Å². The van der Waals surface area contributed by atoms with Crippen molar-refractivity contribution in [3.63, 3.8) is 0 Å². The van der Waals surface area contributed by atoms with Gasteiger partial charge >= 0.3 is 0 Å². The van der Waals surface area contributed by atoms with Crippen LogP contribution in [0.5, 0.6) is 0 Å². The van der Waals surface area contributed by atoms with Crippen molar-refractivity contribution in [1.29, 1.82) is 0 Å². The van der Waals surface area contributed by atoms with Crippen LogP contribution in [0.1, 0.15) is 13.8 Å². The van der Waals surface area contributed by atoms with Crippen LogP contribution in [0.15, 0.2) is 23.1 Å². The van der Waals surface area contributed by atoms with Gasteiger partial charge in [0.15, 0.2) is 0 Å². The Hall–Kier alpha value is -1.31. The molecule has 1 aromatic rings. The lowest BCUT2D eigenvalue weighted by atomic mass is 9.99. The molecule has 0 saturated carbocycles. The van der Waals surface area contributed by atoms with Gasteiger partial charge in [0.2, 0.25) is 10.0 Å². The number of nitrogen functional groups attached to an aromatic ring is 1. The molecule has 4 N–H and O–H groups in total. The summed E-state index contributed by atoms with van der Waals surface area (Å²) >= 11 is 0. The summed E-state index contributed by atoms with van der Waals surface area (Å²) in [5.41, 5.74) is 7.03. The van der Waals surface area contributed by atoms with Crippen molar-refractivity contribution in [2.24, 2.45) is 5.14 Å². The van der Waals surface area contributed by atoms with Crippen molar-refractivity contribution >= 4 is 21.4 Å². The summed E-state index contributed by atoms with van der Waals surface area (Å²) in [4.78, 5) is 4.49. The van der Waals surface area contributed by atoms with E-state index in [4.69, 9.17) is 10.9 Å². The van der Waals surface area contributed by atoms with Crippen LogP contribution < -0.4 is 15.8 Å². The van der Waals surface area contributed by atoms with Gasteiger partial charge in [-0.2, -0.15) is 0 Å². The molecule has 6 nitrogen and oxygen atoms in total. The quantitative estimate of drug-likeness (QED) is 0.773. The van der Waals surface area contributed by atoms with Crippen molar-refractivity contribution in [3.05, 3.63) is 18.2 Å². The normalized spacial score (nSPS) is 20.1. The fraction of sp³-hybridized carbons (Fsp3) is 0.538. The van der Waals surface area contributed by atoms with Crippen molar-refractivity contribution in [2.75, 3.05) is 37.3 Å².